The predicted molar refractivity (Wildman–Crippen MR) is 68.3 cm³/mol. The summed E-state index contributed by atoms with van der Waals surface area (Å²) in [4.78, 5) is 13.3. The molecule has 0 spiro atoms. The molecule has 1 saturated heterocycles. The van der Waals surface area contributed by atoms with Crippen LogP contribution < -0.4 is 4.90 Å². The van der Waals surface area contributed by atoms with Gasteiger partial charge in [-0.2, -0.15) is 0 Å². The molecule has 1 aliphatic rings. The first-order valence-corrected chi connectivity index (χ1v) is 6.11. The Hall–Kier alpha value is -1.29. The SMILES string of the molecule is Cc1cc(C)c(N2C(=N)SCC2=O)c(C)c1. The lowest BCUT2D eigenvalue weighted by molar-refractivity contribution is -0.115. The number of carbonyl (C=O) groups is 1. The summed E-state index contributed by atoms with van der Waals surface area (Å²) in [6.07, 6.45) is 0. The first kappa shape index (κ1) is 11.2. The Labute approximate surface area is 99.3 Å². The van der Waals surface area contributed by atoms with Gasteiger partial charge in [-0.05, 0) is 31.9 Å². The highest BCUT2D eigenvalue weighted by Gasteiger charge is 2.30. The summed E-state index contributed by atoms with van der Waals surface area (Å²) in [6, 6.07) is 4.10. The number of nitrogens with one attached hydrogen (secondary N) is 1. The van der Waals surface area contributed by atoms with Gasteiger partial charge in [0.2, 0.25) is 5.91 Å². The molecule has 1 aliphatic heterocycles. The van der Waals surface area contributed by atoms with E-state index < -0.39 is 0 Å². The van der Waals surface area contributed by atoms with Crippen molar-refractivity contribution in [2.24, 2.45) is 0 Å². The number of aryl methyl sites for hydroxylation is 3. The Morgan fingerprint density at radius 2 is 1.81 bits per heavy atom. The number of carbonyl (C=O) groups excluding carboxylic acids is 1. The van der Waals surface area contributed by atoms with Crippen LogP contribution >= 0.6 is 11.8 Å². The van der Waals surface area contributed by atoms with E-state index in [0.717, 1.165) is 16.8 Å². The Bertz CT molecular complexity index is 443. The maximum atomic E-state index is 11.7. The van der Waals surface area contributed by atoms with Crippen LogP contribution in [0, 0.1) is 26.2 Å². The quantitative estimate of drug-likeness (QED) is 0.811. The molecule has 0 radical (unpaired) electrons. The molecular formula is C12H14N2OS. The number of anilines is 1. The maximum Gasteiger partial charge on any atom is 0.243 e. The number of thioether (sulfide) groups is 1. The summed E-state index contributed by atoms with van der Waals surface area (Å²) in [7, 11) is 0. The molecule has 84 valence electrons. The Kier molecular flexibility index (Phi) is 2.76. The van der Waals surface area contributed by atoms with Crippen molar-refractivity contribution in [3.8, 4) is 0 Å². The van der Waals surface area contributed by atoms with Gasteiger partial charge in [-0.3, -0.25) is 15.1 Å². The average molecular weight is 234 g/mol. The Morgan fingerprint density at radius 1 is 1.25 bits per heavy atom. The van der Waals surface area contributed by atoms with Gasteiger partial charge < -0.3 is 0 Å². The van der Waals surface area contributed by atoms with E-state index in [0.29, 0.717) is 10.9 Å². The monoisotopic (exact) mass is 234 g/mol. The second kappa shape index (κ2) is 3.94. The molecule has 3 nitrogen and oxygen atoms in total. The fourth-order valence-corrected chi connectivity index (χ4v) is 2.84. The van der Waals surface area contributed by atoms with Crippen LogP contribution in [0.25, 0.3) is 0 Å². The molecule has 0 bridgehead atoms. The molecule has 1 aromatic carbocycles. The van der Waals surface area contributed by atoms with Crippen LogP contribution in [-0.2, 0) is 4.79 Å². The van der Waals surface area contributed by atoms with Crippen molar-refractivity contribution in [1.82, 2.24) is 0 Å². The molecule has 1 aromatic rings. The maximum absolute atomic E-state index is 11.7. The summed E-state index contributed by atoms with van der Waals surface area (Å²) < 4.78 is 0. The molecule has 0 unspecified atom stereocenters. The third-order valence-electron chi connectivity index (χ3n) is 2.64. The van der Waals surface area contributed by atoms with Crippen molar-refractivity contribution >= 4 is 28.5 Å². The first-order chi connectivity index (χ1) is 7.50. The molecule has 0 saturated carbocycles. The number of amides is 1. The zero-order chi connectivity index (χ0) is 11.9. The van der Waals surface area contributed by atoms with Gasteiger partial charge in [0, 0.05) is 0 Å². The molecule has 4 heteroatoms. The van der Waals surface area contributed by atoms with Gasteiger partial charge in [-0.15, -0.1) is 0 Å². The largest absolute Gasteiger partial charge is 0.278 e. The highest BCUT2D eigenvalue weighted by molar-refractivity contribution is 8.15. The van der Waals surface area contributed by atoms with E-state index in [9.17, 15) is 4.79 Å². The fourth-order valence-electron chi connectivity index (χ4n) is 2.12. The van der Waals surface area contributed by atoms with Crippen molar-refractivity contribution in [3.05, 3.63) is 28.8 Å². The van der Waals surface area contributed by atoms with Crippen molar-refractivity contribution in [1.29, 1.82) is 5.41 Å². The topological polar surface area (TPSA) is 44.2 Å². The number of rotatable bonds is 1. The van der Waals surface area contributed by atoms with Crippen LogP contribution in [0.3, 0.4) is 0 Å². The third-order valence-corrected chi connectivity index (χ3v) is 3.49. The van der Waals surface area contributed by atoms with Gasteiger partial charge in [0.05, 0.1) is 11.4 Å². The van der Waals surface area contributed by atoms with Crippen molar-refractivity contribution in [2.45, 2.75) is 20.8 Å². The summed E-state index contributed by atoms with van der Waals surface area (Å²) in [5.74, 6) is 0.385. The van der Waals surface area contributed by atoms with Gasteiger partial charge in [-0.1, -0.05) is 29.5 Å². The van der Waals surface area contributed by atoms with Gasteiger partial charge >= 0.3 is 0 Å². The lowest BCUT2D eigenvalue weighted by Gasteiger charge is -2.20. The van der Waals surface area contributed by atoms with Gasteiger partial charge in [0.1, 0.15) is 0 Å². The first-order valence-electron chi connectivity index (χ1n) is 5.13. The van der Waals surface area contributed by atoms with E-state index in [1.807, 2.05) is 32.9 Å². The normalized spacial score (nSPS) is 16.1. The van der Waals surface area contributed by atoms with E-state index in [4.69, 9.17) is 5.41 Å². The van der Waals surface area contributed by atoms with Crippen molar-refractivity contribution in [3.63, 3.8) is 0 Å². The number of hydrogen-bond acceptors (Lipinski definition) is 3. The van der Waals surface area contributed by atoms with E-state index in [1.54, 1.807) is 0 Å². The zero-order valence-corrected chi connectivity index (χ0v) is 10.4. The summed E-state index contributed by atoms with van der Waals surface area (Å²) >= 11 is 1.29. The van der Waals surface area contributed by atoms with Crippen LogP contribution in [0.5, 0.6) is 0 Å². The smallest absolute Gasteiger partial charge is 0.243 e. The molecule has 16 heavy (non-hydrogen) atoms. The van der Waals surface area contributed by atoms with Gasteiger partial charge in [0.15, 0.2) is 5.17 Å². The minimum Gasteiger partial charge on any atom is -0.278 e. The standard InChI is InChI=1S/C12H14N2OS/c1-7-4-8(2)11(9(3)5-7)14-10(15)6-16-12(14)13/h4-5,13H,6H2,1-3H3. The second-order valence-corrected chi connectivity index (χ2v) is 5.03. The molecule has 0 atom stereocenters. The molecule has 2 rings (SSSR count). The highest BCUT2D eigenvalue weighted by Crippen LogP contribution is 2.32. The van der Waals surface area contributed by atoms with Crippen LogP contribution in [0.4, 0.5) is 5.69 Å². The van der Waals surface area contributed by atoms with E-state index in [1.165, 1.54) is 22.2 Å². The number of benzene rings is 1. The van der Waals surface area contributed by atoms with Crippen molar-refractivity contribution < 1.29 is 4.79 Å². The molecule has 0 aromatic heterocycles. The molecule has 1 N–H and O–H groups in total. The zero-order valence-electron chi connectivity index (χ0n) is 9.63. The number of hydrogen-bond donors (Lipinski definition) is 1. The minimum atomic E-state index is 0.00468. The van der Waals surface area contributed by atoms with Crippen molar-refractivity contribution in [2.75, 3.05) is 10.7 Å². The van der Waals surface area contributed by atoms with Crippen LogP contribution in [0.1, 0.15) is 16.7 Å². The Morgan fingerprint density at radius 3 is 2.25 bits per heavy atom. The fraction of sp³-hybridized carbons (Fsp3) is 0.333. The summed E-state index contributed by atoms with van der Waals surface area (Å²) in [5, 5.41) is 8.12. The predicted octanol–water partition coefficient (Wildman–Crippen LogP) is 2.63. The van der Waals surface area contributed by atoms with E-state index in [2.05, 4.69) is 0 Å². The molecular weight excluding hydrogens is 220 g/mol. The average Bonchev–Trinajstić information content (AvgIpc) is 2.47. The second-order valence-electron chi connectivity index (χ2n) is 4.07. The summed E-state index contributed by atoms with van der Waals surface area (Å²) in [6.45, 7) is 6.01. The molecule has 1 fully saturated rings. The lowest BCUT2D eigenvalue weighted by atomic mass is 10.0. The third kappa shape index (κ3) is 1.73. The Balaban J connectivity index is 2.55. The lowest BCUT2D eigenvalue weighted by Crippen LogP contribution is -2.30. The summed E-state index contributed by atoms with van der Waals surface area (Å²) in [5.41, 5.74) is 4.17. The van der Waals surface area contributed by atoms with Crippen LogP contribution in [0.2, 0.25) is 0 Å². The van der Waals surface area contributed by atoms with E-state index in [-0.39, 0.29) is 5.91 Å². The number of nitrogens with zero attached hydrogens (tertiary/aromatic N) is 1. The molecule has 0 aliphatic carbocycles. The molecule has 1 heterocycles. The van der Waals surface area contributed by atoms with Gasteiger partial charge in [-0.25, -0.2) is 0 Å². The number of amidine groups is 1. The van der Waals surface area contributed by atoms with Gasteiger partial charge in [0.25, 0.3) is 0 Å². The van der Waals surface area contributed by atoms with Crippen LogP contribution in [0.15, 0.2) is 12.1 Å². The van der Waals surface area contributed by atoms with E-state index >= 15 is 0 Å². The minimum absolute atomic E-state index is 0.00468. The molecule has 1 amide bonds. The highest BCUT2D eigenvalue weighted by atomic mass is 32.2. The van der Waals surface area contributed by atoms with Crippen LogP contribution in [-0.4, -0.2) is 16.8 Å².